The Bertz CT molecular complexity index is 652. The summed E-state index contributed by atoms with van der Waals surface area (Å²) < 4.78 is 4.95. The molecule has 1 aliphatic rings. The molecular formula is C18H20N2O3. The summed E-state index contributed by atoms with van der Waals surface area (Å²) in [4.78, 5) is 26.0. The van der Waals surface area contributed by atoms with E-state index in [0.717, 1.165) is 26.1 Å². The van der Waals surface area contributed by atoms with Crippen LogP contribution in [0.3, 0.4) is 0 Å². The van der Waals surface area contributed by atoms with Gasteiger partial charge in [0, 0.05) is 19.6 Å². The van der Waals surface area contributed by atoms with Crippen molar-refractivity contribution in [1.82, 2.24) is 10.2 Å². The lowest BCUT2D eigenvalue weighted by Crippen LogP contribution is -2.35. The summed E-state index contributed by atoms with van der Waals surface area (Å²) in [7, 11) is 0. The van der Waals surface area contributed by atoms with Crippen LogP contribution in [0.25, 0.3) is 0 Å². The average molecular weight is 312 g/mol. The van der Waals surface area contributed by atoms with Gasteiger partial charge in [-0.15, -0.1) is 0 Å². The molecule has 2 heterocycles. The molecule has 1 amide bonds. The largest absolute Gasteiger partial charge is 0.461 e. The van der Waals surface area contributed by atoms with Gasteiger partial charge in [-0.05, 0) is 36.6 Å². The van der Waals surface area contributed by atoms with Crippen molar-refractivity contribution >= 4 is 11.7 Å². The van der Waals surface area contributed by atoms with Crippen molar-refractivity contribution in [2.45, 2.75) is 13.0 Å². The molecule has 120 valence electrons. The van der Waals surface area contributed by atoms with Crippen LogP contribution in [0.2, 0.25) is 0 Å². The monoisotopic (exact) mass is 312 g/mol. The summed E-state index contributed by atoms with van der Waals surface area (Å²) in [5.41, 5.74) is 1.30. The SMILES string of the molecule is O=C(NC[C@@H]1CCN(Cc2ccccc2)C1)C(=O)c1ccco1. The predicted molar refractivity (Wildman–Crippen MR) is 85.9 cm³/mol. The smallest absolute Gasteiger partial charge is 0.295 e. The molecule has 0 unspecified atom stereocenters. The highest BCUT2D eigenvalue weighted by Gasteiger charge is 2.25. The number of hydrogen-bond donors (Lipinski definition) is 1. The van der Waals surface area contributed by atoms with Crippen LogP contribution in [0.1, 0.15) is 22.5 Å². The molecule has 1 atom stereocenters. The van der Waals surface area contributed by atoms with Crippen molar-refractivity contribution < 1.29 is 14.0 Å². The van der Waals surface area contributed by atoms with E-state index in [1.165, 1.54) is 17.9 Å². The van der Waals surface area contributed by atoms with Crippen molar-refractivity contribution in [3.8, 4) is 0 Å². The second-order valence-electron chi connectivity index (χ2n) is 5.89. The van der Waals surface area contributed by atoms with E-state index in [-0.39, 0.29) is 5.76 Å². The molecule has 1 aromatic heterocycles. The summed E-state index contributed by atoms with van der Waals surface area (Å²) in [6.45, 7) is 3.40. The highest BCUT2D eigenvalue weighted by atomic mass is 16.3. The van der Waals surface area contributed by atoms with Gasteiger partial charge in [-0.2, -0.15) is 0 Å². The third-order valence-corrected chi connectivity index (χ3v) is 4.12. The zero-order valence-electron chi connectivity index (χ0n) is 12.9. The number of nitrogens with one attached hydrogen (secondary N) is 1. The first kappa shape index (κ1) is 15.5. The summed E-state index contributed by atoms with van der Waals surface area (Å²) >= 11 is 0. The van der Waals surface area contributed by atoms with Gasteiger partial charge in [-0.3, -0.25) is 14.5 Å². The molecule has 5 heteroatoms. The lowest BCUT2D eigenvalue weighted by atomic mass is 10.1. The van der Waals surface area contributed by atoms with Crippen molar-refractivity contribution in [3.63, 3.8) is 0 Å². The molecule has 2 aromatic rings. The second kappa shape index (κ2) is 7.24. The van der Waals surface area contributed by atoms with Crippen LogP contribution in [0.4, 0.5) is 0 Å². The summed E-state index contributed by atoms with van der Waals surface area (Å²) in [6, 6.07) is 13.4. The van der Waals surface area contributed by atoms with Crippen LogP contribution >= 0.6 is 0 Å². The Morgan fingerprint density at radius 1 is 1.17 bits per heavy atom. The van der Waals surface area contributed by atoms with Gasteiger partial charge in [0.1, 0.15) is 0 Å². The summed E-state index contributed by atoms with van der Waals surface area (Å²) in [5, 5.41) is 2.72. The van der Waals surface area contributed by atoms with E-state index >= 15 is 0 Å². The number of amides is 1. The minimum Gasteiger partial charge on any atom is -0.461 e. The van der Waals surface area contributed by atoms with E-state index in [1.54, 1.807) is 6.07 Å². The molecule has 0 spiro atoms. The van der Waals surface area contributed by atoms with Gasteiger partial charge in [0.05, 0.1) is 6.26 Å². The number of Topliss-reactive ketones (excluding diaryl/α,β-unsaturated/α-hetero) is 1. The number of hydrogen-bond acceptors (Lipinski definition) is 4. The molecule has 1 aromatic carbocycles. The van der Waals surface area contributed by atoms with E-state index < -0.39 is 11.7 Å². The molecule has 5 nitrogen and oxygen atoms in total. The number of carbonyl (C=O) groups is 2. The van der Waals surface area contributed by atoms with E-state index in [9.17, 15) is 9.59 Å². The van der Waals surface area contributed by atoms with Gasteiger partial charge < -0.3 is 9.73 Å². The fourth-order valence-electron chi connectivity index (χ4n) is 2.90. The molecule has 3 rings (SSSR count). The van der Waals surface area contributed by atoms with Crippen molar-refractivity contribution in [3.05, 3.63) is 60.1 Å². The number of nitrogens with zero attached hydrogens (tertiary/aromatic N) is 1. The van der Waals surface area contributed by atoms with Gasteiger partial charge in [0.15, 0.2) is 5.76 Å². The highest BCUT2D eigenvalue weighted by Crippen LogP contribution is 2.18. The minimum atomic E-state index is -0.617. The van der Waals surface area contributed by atoms with Crippen LogP contribution in [0.15, 0.2) is 53.1 Å². The lowest BCUT2D eigenvalue weighted by molar-refractivity contribution is -0.117. The second-order valence-corrected chi connectivity index (χ2v) is 5.89. The Balaban J connectivity index is 1.43. The minimum absolute atomic E-state index is 0.0830. The van der Waals surface area contributed by atoms with Crippen molar-refractivity contribution in [2.75, 3.05) is 19.6 Å². The number of furan rings is 1. The Morgan fingerprint density at radius 2 is 2.00 bits per heavy atom. The maximum Gasteiger partial charge on any atom is 0.295 e. The first-order valence-corrected chi connectivity index (χ1v) is 7.84. The van der Waals surface area contributed by atoms with E-state index in [0.29, 0.717) is 12.5 Å². The number of ketones is 1. The standard InChI is InChI=1S/C18H20N2O3/c21-17(16-7-4-10-23-16)18(22)19-11-15-8-9-20(13-15)12-14-5-2-1-3-6-14/h1-7,10,15H,8-9,11-13H2,(H,19,22)/t15-/m0/s1. The van der Waals surface area contributed by atoms with Crippen LogP contribution < -0.4 is 5.32 Å². The lowest BCUT2D eigenvalue weighted by Gasteiger charge is -2.16. The average Bonchev–Trinajstić information content (AvgIpc) is 3.25. The van der Waals surface area contributed by atoms with Crippen LogP contribution in [0, 0.1) is 5.92 Å². The molecular weight excluding hydrogens is 292 g/mol. The van der Waals surface area contributed by atoms with Gasteiger partial charge >= 0.3 is 0 Å². The Kier molecular flexibility index (Phi) is 4.88. The Hall–Kier alpha value is -2.40. The van der Waals surface area contributed by atoms with Crippen molar-refractivity contribution in [2.24, 2.45) is 5.92 Å². The van der Waals surface area contributed by atoms with E-state index in [2.05, 4.69) is 22.3 Å². The van der Waals surface area contributed by atoms with Gasteiger partial charge in [0.25, 0.3) is 11.7 Å². The predicted octanol–water partition coefficient (Wildman–Crippen LogP) is 2.10. The molecule has 1 saturated heterocycles. The van der Waals surface area contributed by atoms with Crippen LogP contribution in [0.5, 0.6) is 0 Å². The first-order chi connectivity index (χ1) is 11.2. The maximum absolute atomic E-state index is 11.8. The molecule has 0 saturated carbocycles. The summed E-state index contributed by atoms with van der Waals surface area (Å²) in [6.07, 6.45) is 2.42. The molecule has 1 aliphatic heterocycles. The van der Waals surface area contributed by atoms with Crippen molar-refractivity contribution in [1.29, 1.82) is 0 Å². The first-order valence-electron chi connectivity index (χ1n) is 7.84. The van der Waals surface area contributed by atoms with Gasteiger partial charge in [0.2, 0.25) is 0 Å². The van der Waals surface area contributed by atoms with E-state index in [1.807, 2.05) is 18.2 Å². The third-order valence-electron chi connectivity index (χ3n) is 4.12. The van der Waals surface area contributed by atoms with Gasteiger partial charge in [-0.25, -0.2) is 0 Å². The third kappa shape index (κ3) is 4.07. The van der Waals surface area contributed by atoms with Crippen LogP contribution in [-0.2, 0) is 11.3 Å². The van der Waals surface area contributed by atoms with Gasteiger partial charge in [-0.1, -0.05) is 30.3 Å². The molecule has 0 radical (unpaired) electrons. The highest BCUT2D eigenvalue weighted by molar-refractivity contribution is 6.42. The fourth-order valence-corrected chi connectivity index (χ4v) is 2.90. The molecule has 1 fully saturated rings. The molecule has 0 bridgehead atoms. The molecule has 23 heavy (non-hydrogen) atoms. The maximum atomic E-state index is 11.8. The number of benzene rings is 1. The molecule has 0 aliphatic carbocycles. The fraction of sp³-hybridized carbons (Fsp3) is 0.333. The molecule has 1 N–H and O–H groups in total. The van der Waals surface area contributed by atoms with E-state index in [4.69, 9.17) is 4.42 Å². The zero-order valence-corrected chi connectivity index (χ0v) is 12.9. The topological polar surface area (TPSA) is 62.6 Å². The Morgan fingerprint density at radius 3 is 2.74 bits per heavy atom. The number of likely N-dealkylation sites (tertiary alicyclic amines) is 1. The summed E-state index contributed by atoms with van der Waals surface area (Å²) in [5.74, 6) is -0.748. The quantitative estimate of drug-likeness (QED) is 0.655. The number of rotatable bonds is 6. The Labute approximate surface area is 135 Å². The van der Waals surface area contributed by atoms with Crippen LogP contribution in [-0.4, -0.2) is 36.2 Å². The normalized spacial score (nSPS) is 18.0. The zero-order chi connectivity index (χ0) is 16.1. The number of carbonyl (C=O) groups excluding carboxylic acids is 2.